The molecule has 3 heteroatoms. The number of nitrogens with zero attached hydrogens (tertiary/aromatic N) is 2. The number of methoxy groups -OCH3 is 1. The van der Waals surface area contributed by atoms with Gasteiger partial charge in [-0.2, -0.15) is 0 Å². The monoisotopic (exact) mass is 238 g/mol. The van der Waals surface area contributed by atoms with E-state index in [-0.39, 0.29) is 0 Å². The fourth-order valence-corrected chi connectivity index (χ4v) is 2.23. The summed E-state index contributed by atoms with van der Waals surface area (Å²) in [5.74, 6) is 0.919. The van der Waals surface area contributed by atoms with Gasteiger partial charge < -0.3 is 9.30 Å². The van der Waals surface area contributed by atoms with Crippen LogP contribution < -0.4 is 4.74 Å². The minimum Gasteiger partial charge on any atom is -0.496 e. The Bertz CT molecular complexity index is 659. The van der Waals surface area contributed by atoms with Crippen LogP contribution in [0.5, 0.6) is 5.75 Å². The molecular weight excluding hydrogens is 224 g/mol. The van der Waals surface area contributed by atoms with Gasteiger partial charge in [-0.3, -0.25) is 0 Å². The first kappa shape index (κ1) is 10.8. The number of rotatable bonds is 3. The van der Waals surface area contributed by atoms with E-state index >= 15 is 0 Å². The topological polar surface area (TPSA) is 27.1 Å². The van der Waals surface area contributed by atoms with Gasteiger partial charge in [-0.25, -0.2) is 4.98 Å². The Hall–Kier alpha value is -2.29. The Morgan fingerprint density at radius 3 is 2.83 bits per heavy atom. The molecule has 0 bridgehead atoms. The zero-order chi connectivity index (χ0) is 12.4. The van der Waals surface area contributed by atoms with Gasteiger partial charge in [-0.1, -0.05) is 30.3 Å². The van der Waals surface area contributed by atoms with E-state index < -0.39 is 0 Å². The number of ether oxygens (including phenoxy) is 1. The second kappa shape index (κ2) is 4.53. The van der Waals surface area contributed by atoms with E-state index in [1.807, 2.05) is 23.2 Å². The molecule has 2 aromatic carbocycles. The van der Waals surface area contributed by atoms with E-state index in [9.17, 15) is 0 Å². The Morgan fingerprint density at radius 2 is 2.06 bits per heavy atom. The first-order chi connectivity index (χ1) is 8.88. The summed E-state index contributed by atoms with van der Waals surface area (Å²) in [6, 6.07) is 12.5. The molecule has 0 amide bonds. The Labute approximate surface area is 106 Å². The van der Waals surface area contributed by atoms with Gasteiger partial charge in [0.15, 0.2) is 0 Å². The van der Waals surface area contributed by atoms with Crippen LogP contribution >= 0.6 is 0 Å². The number of imidazole rings is 1. The molecule has 18 heavy (non-hydrogen) atoms. The standard InChI is InChI=1S/C15H14N2O/c1-18-15-7-6-12-4-2-3-5-13(12)14(15)10-17-9-8-16-11-17/h2-9,11H,10H2,1H3. The zero-order valence-electron chi connectivity index (χ0n) is 10.2. The van der Waals surface area contributed by atoms with Crippen molar-refractivity contribution in [2.45, 2.75) is 6.54 Å². The average Bonchev–Trinajstić information content (AvgIpc) is 2.92. The SMILES string of the molecule is COc1ccc2ccccc2c1Cn1ccnc1. The van der Waals surface area contributed by atoms with E-state index in [4.69, 9.17) is 4.74 Å². The third kappa shape index (κ3) is 1.84. The van der Waals surface area contributed by atoms with Crippen molar-refractivity contribution in [3.63, 3.8) is 0 Å². The quantitative estimate of drug-likeness (QED) is 0.701. The van der Waals surface area contributed by atoms with Crippen LogP contribution in [0.2, 0.25) is 0 Å². The molecule has 0 fully saturated rings. The van der Waals surface area contributed by atoms with E-state index in [0.29, 0.717) is 0 Å². The van der Waals surface area contributed by atoms with E-state index in [0.717, 1.165) is 12.3 Å². The fourth-order valence-electron chi connectivity index (χ4n) is 2.23. The highest BCUT2D eigenvalue weighted by atomic mass is 16.5. The maximum Gasteiger partial charge on any atom is 0.124 e. The van der Waals surface area contributed by atoms with Crippen LogP contribution in [-0.4, -0.2) is 16.7 Å². The third-order valence-corrected chi connectivity index (χ3v) is 3.12. The van der Waals surface area contributed by atoms with Crippen molar-refractivity contribution >= 4 is 10.8 Å². The summed E-state index contributed by atoms with van der Waals surface area (Å²) in [5.41, 5.74) is 1.19. The molecule has 0 saturated carbocycles. The zero-order valence-corrected chi connectivity index (χ0v) is 10.2. The highest BCUT2D eigenvalue weighted by Crippen LogP contribution is 2.28. The summed E-state index contributed by atoms with van der Waals surface area (Å²) in [6.45, 7) is 0.768. The van der Waals surface area contributed by atoms with E-state index in [1.165, 1.54) is 16.3 Å². The molecule has 0 atom stereocenters. The van der Waals surface area contributed by atoms with Crippen molar-refractivity contribution in [3.05, 3.63) is 60.7 Å². The molecule has 0 aliphatic carbocycles. The molecule has 3 aromatic rings. The van der Waals surface area contributed by atoms with E-state index in [1.54, 1.807) is 13.3 Å². The van der Waals surface area contributed by atoms with Crippen molar-refractivity contribution in [1.29, 1.82) is 0 Å². The molecule has 0 saturated heterocycles. The van der Waals surface area contributed by atoms with Crippen molar-refractivity contribution in [3.8, 4) is 5.75 Å². The van der Waals surface area contributed by atoms with Gasteiger partial charge in [0, 0.05) is 18.0 Å². The van der Waals surface area contributed by atoms with E-state index in [2.05, 4.69) is 35.3 Å². The summed E-state index contributed by atoms with van der Waals surface area (Å²) in [5, 5.41) is 2.46. The highest BCUT2D eigenvalue weighted by molar-refractivity contribution is 5.87. The van der Waals surface area contributed by atoms with Gasteiger partial charge in [0.25, 0.3) is 0 Å². The van der Waals surface area contributed by atoms with Gasteiger partial charge in [-0.15, -0.1) is 0 Å². The van der Waals surface area contributed by atoms with Crippen LogP contribution in [-0.2, 0) is 6.54 Å². The molecule has 90 valence electrons. The van der Waals surface area contributed by atoms with Crippen LogP contribution in [0.3, 0.4) is 0 Å². The van der Waals surface area contributed by atoms with Crippen LogP contribution in [0.25, 0.3) is 10.8 Å². The molecule has 3 nitrogen and oxygen atoms in total. The van der Waals surface area contributed by atoms with Crippen LogP contribution in [0.15, 0.2) is 55.1 Å². The predicted octanol–water partition coefficient (Wildman–Crippen LogP) is 3.09. The lowest BCUT2D eigenvalue weighted by Crippen LogP contribution is -2.00. The Balaban J connectivity index is 2.17. The summed E-state index contributed by atoms with van der Waals surface area (Å²) < 4.78 is 7.51. The first-order valence-electron chi connectivity index (χ1n) is 5.89. The third-order valence-electron chi connectivity index (χ3n) is 3.12. The minimum atomic E-state index is 0.768. The van der Waals surface area contributed by atoms with Crippen LogP contribution in [0.1, 0.15) is 5.56 Å². The lowest BCUT2D eigenvalue weighted by molar-refractivity contribution is 0.409. The summed E-state index contributed by atoms with van der Waals surface area (Å²) in [7, 11) is 1.71. The Morgan fingerprint density at radius 1 is 1.17 bits per heavy atom. The summed E-state index contributed by atoms with van der Waals surface area (Å²) >= 11 is 0. The molecule has 0 aliphatic rings. The number of aromatic nitrogens is 2. The van der Waals surface area contributed by atoms with Crippen molar-refractivity contribution in [2.24, 2.45) is 0 Å². The molecule has 3 rings (SSSR count). The smallest absolute Gasteiger partial charge is 0.124 e. The summed E-state index contributed by atoms with van der Waals surface area (Å²) in [6.07, 6.45) is 5.57. The summed E-state index contributed by atoms with van der Waals surface area (Å²) in [4.78, 5) is 4.08. The van der Waals surface area contributed by atoms with Gasteiger partial charge >= 0.3 is 0 Å². The van der Waals surface area contributed by atoms with Gasteiger partial charge in [0.1, 0.15) is 5.75 Å². The largest absolute Gasteiger partial charge is 0.496 e. The van der Waals surface area contributed by atoms with Crippen molar-refractivity contribution < 1.29 is 4.74 Å². The van der Waals surface area contributed by atoms with Crippen molar-refractivity contribution in [2.75, 3.05) is 7.11 Å². The Kier molecular flexibility index (Phi) is 2.73. The number of hydrogen-bond donors (Lipinski definition) is 0. The maximum absolute atomic E-state index is 5.47. The molecule has 1 aromatic heterocycles. The second-order valence-corrected chi connectivity index (χ2v) is 4.20. The van der Waals surface area contributed by atoms with Crippen LogP contribution in [0, 0.1) is 0 Å². The lowest BCUT2D eigenvalue weighted by Gasteiger charge is -2.12. The average molecular weight is 238 g/mol. The molecule has 0 spiro atoms. The molecule has 0 N–H and O–H groups in total. The van der Waals surface area contributed by atoms with Crippen molar-refractivity contribution in [1.82, 2.24) is 9.55 Å². The predicted molar refractivity (Wildman–Crippen MR) is 71.8 cm³/mol. The number of benzene rings is 2. The second-order valence-electron chi connectivity index (χ2n) is 4.20. The molecule has 0 radical (unpaired) electrons. The molecular formula is C15H14N2O. The normalized spacial score (nSPS) is 10.7. The molecule has 0 aliphatic heterocycles. The molecule has 0 unspecified atom stereocenters. The van der Waals surface area contributed by atoms with Crippen LogP contribution in [0.4, 0.5) is 0 Å². The number of fused-ring (bicyclic) bond motifs is 1. The lowest BCUT2D eigenvalue weighted by atomic mass is 10.0. The minimum absolute atomic E-state index is 0.768. The first-order valence-corrected chi connectivity index (χ1v) is 5.89. The molecule has 1 heterocycles. The highest BCUT2D eigenvalue weighted by Gasteiger charge is 2.08. The fraction of sp³-hybridized carbons (Fsp3) is 0.133. The van der Waals surface area contributed by atoms with Gasteiger partial charge in [0.2, 0.25) is 0 Å². The van der Waals surface area contributed by atoms with Gasteiger partial charge in [-0.05, 0) is 16.8 Å². The van der Waals surface area contributed by atoms with Gasteiger partial charge in [0.05, 0.1) is 20.0 Å². The maximum atomic E-state index is 5.47. The number of hydrogen-bond acceptors (Lipinski definition) is 2.